The van der Waals surface area contributed by atoms with E-state index in [0.717, 1.165) is 0 Å². The predicted molar refractivity (Wildman–Crippen MR) is 75.1 cm³/mol. The molecular weight excluding hydrogens is 294 g/mol. The van der Waals surface area contributed by atoms with Gasteiger partial charge < -0.3 is 14.7 Å². The van der Waals surface area contributed by atoms with Crippen molar-refractivity contribution in [3.63, 3.8) is 0 Å². The first-order chi connectivity index (χ1) is 10.5. The van der Waals surface area contributed by atoms with Gasteiger partial charge in [-0.15, -0.1) is 10.1 Å². The quantitative estimate of drug-likeness (QED) is 0.232. The Balaban J connectivity index is 2.24. The van der Waals surface area contributed by atoms with Crippen molar-refractivity contribution in [3.05, 3.63) is 39.9 Å². The number of aromatic carboxylic acids is 1. The summed E-state index contributed by atoms with van der Waals surface area (Å²) in [6, 6.07) is 5.93. The van der Waals surface area contributed by atoms with E-state index in [-0.39, 0.29) is 24.3 Å². The summed E-state index contributed by atoms with van der Waals surface area (Å²) in [7, 11) is 0. The zero-order valence-electron chi connectivity index (χ0n) is 11.9. The summed E-state index contributed by atoms with van der Waals surface area (Å²) in [6.45, 7) is 0.0451. The smallest absolute Gasteiger partial charge is 0.339 e. The van der Waals surface area contributed by atoms with E-state index in [2.05, 4.69) is 4.84 Å². The second-order valence-corrected chi connectivity index (χ2v) is 4.50. The Kier molecular flexibility index (Phi) is 7.38. The minimum Gasteiger partial charge on any atom is -0.478 e. The molecule has 1 aromatic rings. The summed E-state index contributed by atoms with van der Waals surface area (Å²) in [6.07, 6.45) is 2.66. The molecule has 1 aromatic carbocycles. The molecular formula is C14H17NO7. The summed E-state index contributed by atoms with van der Waals surface area (Å²) in [5, 5.41) is 18.0. The van der Waals surface area contributed by atoms with Gasteiger partial charge in [0.1, 0.15) is 11.3 Å². The molecule has 120 valence electrons. The number of ether oxygens (including phenoxy) is 1. The van der Waals surface area contributed by atoms with Crippen molar-refractivity contribution in [2.24, 2.45) is 0 Å². The third kappa shape index (κ3) is 6.69. The average Bonchev–Trinajstić information content (AvgIpc) is 2.46. The maximum Gasteiger partial charge on any atom is 0.339 e. The van der Waals surface area contributed by atoms with Crippen LogP contribution in [0.4, 0.5) is 0 Å². The highest BCUT2D eigenvalue weighted by atomic mass is 16.9. The van der Waals surface area contributed by atoms with Gasteiger partial charge in [0, 0.05) is 6.42 Å². The zero-order chi connectivity index (χ0) is 16.4. The first-order valence-electron chi connectivity index (χ1n) is 6.81. The average molecular weight is 311 g/mol. The van der Waals surface area contributed by atoms with Crippen LogP contribution < -0.4 is 4.74 Å². The van der Waals surface area contributed by atoms with Crippen LogP contribution >= 0.6 is 0 Å². The van der Waals surface area contributed by atoms with E-state index in [1.807, 2.05) is 0 Å². The number of rotatable bonds is 10. The zero-order valence-corrected chi connectivity index (χ0v) is 11.9. The Hall–Kier alpha value is -2.64. The van der Waals surface area contributed by atoms with Gasteiger partial charge in [0.2, 0.25) is 0 Å². The molecule has 0 radical (unpaired) electrons. The van der Waals surface area contributed by atoms with Gasteiger partial charge in [0.25, 0.3) is 5.09 Å². The molecule has 8 heteroatoms. The molecule has 0 saturated heterocycles. The number of hydrogen-bond donors (Lipinski definition) is 1. The molecule has 0 amide bonds. The Bertz CT molecular complexity index is 530. The van der Waals surface area contributed by atoms with Crippen molar-refractivity contribution in [1.29, 1.82) is 0 Å². The first kappa shape index (κ1) is 17.4. The number of para-hydroxylation sites is 1. The number of nitrogens with zero attached hydrogens (tertiary/aromatic N) is 1. The van der Waals surface area contributed by atoms with Crippen molar-refractivity contribution >= 4 is 11.9 Å². The largest absolute Gasteiger partial charge is 0.478 e. The van der Waals surface area contributed by atoms with Crippen molar-refractivity contribution in [2.45, 2.75) is 32.1 Å². The van der Waals surface area contributed by atoms with Crippen LogP contribution in [0.5, 0.6) is 5.75 Å². The van der Waals surface area contributed by atoms with Gasteiger partial charge >= 0.3 is 11.9 Å². The minimum absolute atomic E-state index is 0.0272. The Morgan fingerprint density at radius 3 is 2.50 bits per heavy atom. The van der Waals surface area contributed by atoms with Gasteiger partial charge in [-0.3, -0.25) is 4.79 Å². The number of benzene rings is 1. The van der Waals surface area contributed by atoms with E-state index >= 15 is 0 Å². The van der Waals surface area contributed by atoms with Crippen LogP contribution in [-0.4, -0.2) is 28.7 Å². The van der Waals surface area contributed by atoms with Crippen molar-refractivity contribution < 1.29 is 29.4 Å². The highest BCUT2D eigenvalue weighted by molar-refractivity contribution is 5.91. The third-order valence-electron chi connectivity index (χ3n) is 2.81. The van der Waals surface area contributed by atoms with Crippen LogP contribution in [0.2, 0.25) is 0 Å². The number of unbranched alkanes of at least 4 members (excludes halogenated alkanes) is 3. The molecule has 0 unspecified atom stereocenters. The highest BCUT2D eigenvalue weighted by Crippen LogP contribution is 2.18. The van der Waals surface area contributed by atoms with Gasteiger partial charge in [-0.25, -0.2) is 4.79 Å². The number of carbonyl (C=O) groups excluding carboxylic acids is 1. The van der Waals surface area contributed by atoms with Crippen LogP contribution in [0.15, 0.2) is 24.3 Å². The number of carboxylic acid groups (broad SMARTS) is 1. The summed E-state index contributed by atoms with van der Waals surface area (Å²) in [5.74, 6) is -1.64. The lowest BCUT2D eigenvalue weighted by molar-refractivity contribution is -0.757. The van der Waals surface area contributed by atoms with Crippen LogP contribution in [0.3, 0.4) is 0 Å². The Morgan fingerprint density at radius 2 is 1.82 bits per heavy atom. The molecule has 0 spiro atoms. The second-order valence-electron chi connectivity index (χ2n) is 4.50. The van der Waals surface area contributed by atoms with E-state index in [9.17, 15) is 19.7 Å². The molecule has 0 aliphatic heterocycles. The lowest BCUT2D eigenvalue weighted by atomic mass is 10.1. The van der Waals surface area contributed by atoms with Gasteiger partial charge in [0.05, 0.1) is 6.61 Å². The Morgan fingerprint density at radius 1 is 1.14 bits per heavy atom. The fraction of sp³-hybridized carbons (Fsp3) is 0.429. The van der Waals surface area contributed by atoms with E-state index in [0.29, 0.717) is 25.7 Å². The molecule has 0 bridgehead atoms. The first-order valence-corrected chi connectivity index (χ1v) is 6.81. The standard InChI is InChI=1S/C14H17NO7/c16-13(9-3-1-2-6-10-21-15(19)20)22-12-8-5-4-7-11(12)14(17)18/h4-5,7-8H,1-3,6,9-10H2,(H,17,18). The number of esters is 1. The van der Waals surface area contributed by atoms with Gasteiger partial charge in [-0.05, 0) is 25.0 Å². The maximum absolute atomic E-state index is 11.6. The number of carboxylic acids is 1. The highest BCUT2D eigenvalue weighted by Gasteiger charge is 2.13. The molecule has 8 nitrogen and oxygen atoms in total. The predicted octanol–water partition coefficient (Wildman–Crippen LogP) is 2.45. The van der Waals surface area contributed by atoms with Gasteiger partial charge in [-0.1, -0.05) is 25.0 Å². The summed E-state index contributed by atoms with van der Waals surface area (Å²) < 4.78 is 5.03. The second kappa shape index (κ2) is 9.32. The maximum atomic E-state index is 11.6. The molecule has 0 fully saturated rings. The molecule has 0 saturated carbocycles. The number of carbonyl (C=O) groups is 2. The molecule has 0 aliphatic rings. The van der Waals surface area contributed by atoms with Gasteiger partial charge in [-0.2, -0.15) is 0 Å². The van der Waals surface area contributed by atoms with E-state index in [1.165, 1.54) is 12.1 Å². The lowest BCUT2D eigenvalue weighted by Gasteiger charge is -2.07. The van der Waals surface area contributed by atoms with Gasteiger partial charge in [0.15, 0.2) is 0 Å². The summed E-state index contributed by atoms with van der Waals surface area (Å²) >= 11 is 0. The van der Waals surface area contributed by atoms with Crippen LogP contribution in [0, 0.1) is 10.1 Å². The molecule has 0 aromatic heterocycles. The van der Waals surface area contributed by atoms with Crippen molar-refractivity contribution in [2.75, 3.05) is 6.61 Å². The molecule has 22 heavy (non-hydrogen) atoms. The lowest BCUT2D eigenvalue weighted by Crippen LogP contribution is -2.10. The molecule has 0 atom stereocenters. The molecule has 1 rings (SSSR count). The minimum atomic E-state index is -1.16. The third-order valence-corrected chi connectivity index (χ3v) is 2.81. The van der Waals surface area contributed by atoms with Crippen LogP contribution in [0.1, 0.15) is 42.5 Å². The normalized spacial score (nSPS) is 10.0. The van der Waals surface area contributed by atoms with Crippen molar-refractivity contribution in [1.82, 2.24) is 0 Å². The fourth-order valence-electron chi connectivity index (χ4n) is 1.77. The fourth-order valence-corrected chi connectivity index (χ4v) is 1.77. The number of hydrogen-bond acceptors (Lipinski definition) is 6. The molecule has 0 aliphatic carbocycles. The van der Waals surface area contributed by atoms with E-state index in [4.69, 9.17) is 9.84 Å². The summed E-state index contributed by atoms with van der Waals surface area (Å²) in [5.41, 5.74) is -0.0622. The molecule has 0 heterocycles. The van der Waals surface area contributed by atoms with Crippen molar-refractivity contribution in [3.8, 4) is 5.75 Å². The topological polar surface area (TPSA) is 116 Å². The van der Waals surface area contributed by atoms with Crippen LogP contribution in [0.25, 0.3) is 0 Å². The Labute approximate surface area is 126 Å². The SMILES string of the molecule is O=C(CCCCCCO[N+](=O)[O-])Oc1ccccc1C(=O)O. The summed E-state index contributed by atoms with van der Waals surface area (Å²) in [4.78, 5) is 36.7. The van der Waals surface area contributed by atoms with E-state index in [1.54, 1.807) is 12.1 Å². The molecule has 1 N–H and O–H groups in total. The van der Waals surface area contributed by atoms with Crippen LogP contribution in [-0.2, 0) is 9.63 Å². The monoisotopic (exact) mass is 311 g/mol. The van der Waals surface area contributed by atoms with E-state index < -0.39 is 17.0 Å².